The first kappa shape index (κ1) is 21.7. The Balaban J connectivity index is 1.56. The lowest BCUT2D eigenvalue weighted by molar-refractivity contribution is -0.146. The molecule has 1 fully saturated rings. The first-order valence-corrected chi connectivity index (χ1v) is 10.7. The molecule has 1 aromatic heterocycles. The summed E-state index contributed by atoms with van der Waals surface area (Å²) in [6.07, 6.45) is 0.350. The summed E-state index contributed by atoms with van der Waals surface area (Å²) in [6.45, 7) is 1.22. The molecular weight excluding hydrogens is 433 g/mol. The van der Waals surface area contributed by atoms with E-state index in [0.29, 0.717) is 23.6 Å². The van der Waals surface area contributed by atoms with Crippen molar-refractivity contribution in [1.82, 2.24) is 20.1 Å². The molecule has 2 aliphatic heterocycles. The molecule has 0 bridgehead atoms. The van der Waals surface area contributed by atoms with E-state index in [-0.39, 0.29) is 6.04 Å². The van der Waals surface area contributed by atoms with Crippen LogP contribution in [0, 0.1) is 0 Å². The monoisotopic (exact) mass is 456 g/mol. The lowest BCUT2D eigenvalue weighted by Gasteiger charge is -2.40. The molecule has 2 atom stereocenters. The van der Waals surface area contributed by atoms with Crippen molar-refractivity contribution < 1.29 is 22.6 Å². The van der Waals surface area contributed by atoms with Crippen LogP contribution in [0.15, 0.2) is 60.9 Å². The first-order valence-electron chi connectivity index (χ1n) is 10.7. The summed E-state index contributed by atoms with van der Waals surface area (Å²) in [6, 6.07) is 15.0. The zero-order chi connectivity index (χ0) is 23.1. The lowest BCUT2D eigenvalue weighted by Crippen LogP contribution is -2.47. The standard InChI is InChI=1S/C24H23F3N4O2/c1-32-20-9-8-18(31-15-29-30-22(31)24(25,26)27)12-19(20)17-13-23(33-14-17)10-5-11-28-21(23)16-6-3-2-4-7-16/h2-4,6-9,12-13,15,21,28H,5,10-11,14H2,1H3. The molecule has 1 spiro atoms. The van der Waals surface area contributed by atoms with Gasteiger partial charge in [0.15, 0.2) is 0 Å². The average Bonchev–Trinajstić information content (AvgIpc) is 3.48. The fourth-order valence-electron chi connectivity index (χ4n) is 4.74. The molecule has 172 valence electrons. The SMILES string of the molecule is COc1ccc(-n2cnnc2C(F)(F)F)cc1C1=CC2(CCCNC2c2ccccc2)OC1. The maximum Gasteiger partial charge on any atom is 0.452 e. The van der Waals surface area contributed by atoms with E-state index in [1.807, 2.05) is 18.2 Å². The van der Waals surface area contributed by atoms with Gasteiger partial charge in [-0.25, -0.2) is 0 Å². The van der Waals surface area contributed by atoms with Gasteiger partial charge in [0.05, 0.1) is 19.8 Å². The molecule has 0 amide bonds. The molecule has 6 nitrogen and oxygen atoms in total. The van der Waals surface area contributed by atoms with Gasteiger partial charge in [-0.1, -0.05) is 30.3 Å². The minimum Gasteiger partial charge on any atom is -0.496 e. The third-order valence-electron chi connectivity index (χ3n) is 6.24. The zero-order valence-corrected chi connectivity index (χ0v) is 18.0. The van der Waals surface area contributed by atoms with E-state index in [1.165, 1.54) is 0 Å². The lowest BCUT2D eigenvalue weighted by atomic mass is 9.81. The number of alkyl halides is 3. The zero-order valence-electron chi connectivity index (χ0n) is 18.0. The van der Waals surface area contributed by atoms with E-state index < -0.39 is 17.6 Å². The Morgan fingerprint density at radius 2 is 2.00 bits per heavy atom. The first-order chi connectivity index (χ1) is 15.9. The number of benzene rings is 2. The molecule has 0 radical (unpaired) electrons. The molecular formula is C24H23F3N4O2. The van der Waals surface area contributed by atoms with Gasteiger partial charge in [0.1, 0.15) is 17.7 Å². The van der Waals surface area contributed by atoms with Crippen molar-refractivity contribution in [2.75, 3.05) is 20.3 Å². The van der Waals surface area contributed by atoms with Crippen LogP contribution in [-0.2, 0) is 10.9 Å². The van der Waals surface area contributed by atoms with Crippen molar-refractivity contribution in [3.63, 3.8) is 0 Å². The van der Waals surface area contributed by atoms with Gasteiger partial charge in [0, 0.05) is 11.3 Å². The van der Waals surface area contributed by atoms with Crippen molar-refractivity contribution in [2.45, 2.75) is 30.7 Å². The van der Waals surface area contributed by atoms with Crippen LogP contribution in [0.2, 0.25) is 0 Å². The van der Waals surface area contributed by atoms with Crippen molar-refractivity contribution in [3.05, 3.63) is 77.9 Å². The summed E-state index contributed by atoms with van der Waals surface area (Å²) < 4.78 is 53.0. The van der Waals surface area contributed by atoms with E-state index in [0.717, 1.165) is 41.4 Å². The summed E-state index contributed by atoms with van der Waals surface area (Å²) in [5.41, 5.74) is 2.45. The Hall–Kier alpha value is -3.17. The number of hydrogen-bond donors (Lipinski definition) is 1. The fourth-order valence-corrected chi connectivity index (χ4v) is 4.74. The Kier molecular flexibility index (Phi) is 5.46. The maximum atomic E-state index is 13.4. The van der Waals surface area contributed by atoms with Gasteiger partial charge < -0.3 is 14.8 Å². The van der Waals surface area contributed by atoms with E-state index >= 15 is 0 Å². The maximum absolute atomic E-state index is 13.4. The fraction of sp³-hybridized carbons (Fsp3) is 0.333. The highest BCUT2D eigenvalue weighted by atomic mass is 19.4. The van der Waals surface area contributed by atoms with Gasteiger partial charge in [-0.15, -0.1) is 10.2 Å². The number of nitrogens with zero attached hydrogens (tertiary/aromatic N) is 3. The van der Waals surface area contributed by atoms with Crippen molar-refractivity contribution in [2.24, 2.45) is 0 Å². The average molecular weight is 456 g/mol. The number of ether oxygens (including phenoxy) is 2. The van der Waals surface area contributed by atoms with Crippen LogP contribution in [-0.4, -0.2) is 40.6 Å². The van der Waals surface area contributed by atoms with Crippen LogP contribution < -0.4 is 10.1 Å². The number of halogens is 3. The summed E-state index contributed by atoms with van der Waals surface area (Å²) in [5, 5.41) is 10.3. The van der Waals surface area contributed by atoms with Gasteiger partial charge in [0.25, 0.3) is 0 Å². The molecule has 33 heavy (non-hydrogen) atoms. The molecule has 5 rings (SSSR count). The Labute approximate surface area is 189 Å². The highest BCUT2D eigenvalue weighted by molar-refractivity contribution is 5.75. The molecule has 0 saturated carbocycles. The predicted molar refractivity (Wildman–Crippen MR) is 116 cm³/mol. The summed E-state index contributed by atoms with van der Waals surface area (Å²) in [5.74, 6) is -0.514. The number of piperidine rings is 1. The van der Waals surface area contributed by atoms with Gasteiger partial charge in [-0.3, -0.25) is 4.57 Å². The highest BCUT2D eigenvalue weighted by Gasteiger charge is 2.45. The second-order valence-electron chi connectivity index (χ2n) is 8.22. The highest BCUT2D eigenvalue weighted by Crippen LogP contribution is 2.45. The summed E-state index contributed by atoms with van der Waals surface area (Å²) in [4.78, 5) is 0. The van der Waals surface area contributed by atoms with Crippen LogP contribution in [0.3, 0.4) is 0 Å². The van der Waals surface area contributed by atoms with E-state index in [1.54, 1.807) is 25.3 Å². The number of nitrogens with one attached hydrogen (secondary N) is 1. The predicted octanol–water partition coefficient (Wildman–Crippen LogP) is 4.57. The molecule has 2 aliphatic rings. The van der Waals surface area contributed by atoms with Crippen LogP contribution in [0.25, 0.3) is 11.3 Å². The Morgan fingerprint density at radius 1 is 1.18 bits per heavy atom. The third kappa shape index (κ3) is 3.91. The van der Waals surface area contributed by atoms with E-state index in [2.05, 4.69) is 33.7 Å². The largest absolute Gasteiger partial charge is 0.496 e. The minimum atomic E-state index is -4.62. The molecule has 2 unspecified atom stereocenters. The quantitative estimate of drug-likeness (QED) is 0.623. The molecule has 0 aliphatic carbocycles. The number of hydrogen-bond acceptors (Lipinski definition) is 5. The summed E-state index contributed by atoms with van der Waals surface area (Å²) in [7, 11) is 1.54. The van der Waals surface area contributed by atoms with Crippen LogP contribution >= 0.6 is 0 Å². The smallest absolute Gasteiger partial charge is 0.452 e. The summed E-state index contributed by atoms with van der Waals surface area (Å²) >= 11 is 0. The second kappa shape index (κ2) is 8.31. The third-order valence-corrected chi connectivity index (χ3v) is 6.24. The van der Waals surface area contributed by atoms with Gasteiger partial charge in [-0.2, -0.15) is 13.2 Å². The normalized spacial score (nSPS) is 23.0. The topological polar surface area (TPSA) is 61.2 Å². The second-order valence-corrected chi connectivity index (χ2v) is 8.22. The van der Waals surface area contributed by atoms with Crippen molar-refractivity contribution >= 4 is 5.57 Å². The van der Waals surface area contributed by atoms with Gasteiger partial charge in [-0.05, 0) is 54.8 Å². The van der Waals surface area contributed by atoms with Crippen LogP contribution in [0.1, 0.15) is 35.8 Å². The van der Waals surface area contributed by atoms with Crippen molar-refractivity contribution in [3.8, 4) is 11.4 Å². The molecule has 1 N–H and O–H groups in total. The molecule has 3 heterocycles. The van der Waals surface area contributed by atoms with Gasteiger partial charge >= 0.3 is 6.18 Å². The van der Waals surface area contributed by atoms with Gasteiger partial charge in [0.2, 0.25) is 5.82 Å². The number of methoxy groups -OCH3 is 1. The minimum absolute atomic E-state index is 0.0196. The van der Waals surface area contributed by atoms with E-state index in [4.69, 9.17) is 9.47 Å². The van der Waals surface area contributed by atoms with Crippen molar-refractivity contribution in [1.29, 1.82) is 0 Å². The van der Waals surface area contributed by atoms with E-state index in [9.17, 15) is 13.2 Å². The number of aromatic nitrogens is 3. The van der Waals surface area contributed by atoms with Crippen LogP contribution in [0.5, 0.6) is 5.75 Å². The molecule has 9 heteroatoms. The molecule has 2 aromatic carbocycles. The molecule has 3 aromatic rings. The molecule has 1 saturated heterocycles. The Bertz CT molecular complexity index is 1180. The number of rotatable bonds is 4. The van der Waals surface area contributed by atoms with Crippen LogP contribution in [0.4, 0.5) is 13.2 Å². The Morgan fingerprint density at radius 3 is 2.76 bits per heavy atom.